The van der Waals surface area contributed by atoms with Crippen LogP contribution in [0.4, 0.5) is 5.69 Å². The minimum atomic E-state index is -0.388. The molecule has 1 aromatic heterocycles. The minimum Gasteiger partial charge on any atom is -0.460 e. The van der Waals surface area contributed by atoms with E-state index in [1.54, 1.807) is 11.8 Å². The molecule has 1 fully saturated rings. The summed E-state index contributed by atoms with van der Waals surface area (Å²) in [6.45, 7) is 3.47. The van der Waals surface area contributed by atoms with Crippen molar-refractivity contribution in [2.24, 2.45) is 5.18 Å². The second kappa shape index (κ2) is 6.94. The van der Waals surface area contributed by atoms with Gasteiger partial charge in [0.15, 0.2) is 17.3 Å². The van der Waals surface area contributed by atoms with Crippen molar-refractivity contribution < 1.29 is 18.7 Å². The van der Waals surface area contributed by atoms with Gasteiger partial charge in [-0.2, -0.15) is 0 Å². The van der Waals surface area contributed by atoms with E-state index >= 15 is 0 Å². The monoisotopic (exact) mass is 344 g/mol. The van der Waals surface area contributed by atoms with Crippen molar-refractivity contribution in [3.63, 3.8) is 0 Å². The van der Waals surface area contributed by atoms with E-state index in [1.165, 1.54) is 12.1 Å². The summed E-state index contributed by atoms with van der Waals surface area (Å²) in [6, 6.07) is 2.67. The number of carbonyl (C=O) groups is 2. The fourth-order valence-corrected chi connectivity index (χ4v) is 2.89. The fourth-order valence-electron chi connectivity index (χ4n) is 2.89. The van der Waals surface area contributed by atoms with Gasteiger partial charge in [0.2, 0.25) is 5.91 Å². The third kappa shape index (κ3) is 3.08. The summed E-state index contributed by atoms with van der Waals surface area (Å²) in [5, 5.41) is 2.91. The standard InChI is InChI=1S/C17H16N2O6/c1-10-12(8-15(21)19-4-6-24-7-5-19)16(22)11-2-3-14(18-23)13(9-20)17(11)25-10/h2-3,9H,4-8H2,1H3. The Balaban J connectivity index is 2.05. The van der Waals surface area contributed by atoms with Crippen LogP contribution in [0.15, 0.2) is 26.5 Å². The predicted molar refractivity (Wildman–Crippen MR) is 89.2 cm³/mol. The van der Waals surface area contributed by atoms with E-state index < -0.39 is 0 Å². The van der Waals surface area contributed by atoms with Crippen molar-refractivity contribution in [1.82, 2.24) is 4.90 Å². The Kier molecular flexibility index (Phi) is 4.71. The average Bonchev–Trinajstić information content (AvgIpc) is 2.64. The third-order valence-corrected chi connectivity index (χ3v) is 4.28. The molecule has 130 valence electrons. The van der Waals surface area contributed by atoms with Gasteiger partial charge in [-0.3, -0.25) is 14.4 Å². The Hall–Kier alpha value is -2.87. The van der Waals surface area contributed by atoms with E-state index in [1.807, 2.05) is 0 Å². The zero-order valence-corrected chi connectivity index (χ0v) is 13.6. The molecule has 3 rings (SSSR count). The number of rotatable bonds is 4. The Morgan fingerprint density at radius 2 is 2.04 bits per heavy atom. The first-order chi connectivity index (χ1) is 12.1. The SMILES string of the molecule is Cc1oc2c(C=O)c(N=O)ccc2c(=O)c1CC(=O)N1CCOCC1. The second-order valence-corrected chi connectivity index (χ2v) is 5.72. The maximum Gasteiger partial charge on any atom is 0.227 e. The Morgan fingerprint density at radius 3 is 2.68 bits per heavy atom. The largest absolute Gasteiger partial charge is 0.460 e. The molecular weight excluding hydrogens is 328 g/mol. The molecule has 0 bridgehead atoms. The molecule has 25 heavy (non-hydrogen) atoms. The number of aryl methyl sites for hydroxylation is 1. The van der Waals surface area contributed by atoms with Gasteiger partial charge in [-0.15, -0.1) is 4.91 Å². The van der Waals surface area contributed by atoms with Crippen LogP contribution in [0.1, 0.15) is 21.7 Å². The van der Waals surface area contributed by atoms with Crippen LogP contribution in [0.5, 0.6) is 0 Å². The molecule has 1 aliphatic heterocycles. The Bertz CT molecular complexity index is 911. The molecule has 0 spiro atoms. The van der Waals surface area contributed by atoms with Gasteiger partial charge in [0, 0.05) is 18.7 Å². The van der Waals surface area contributed by atoms with Gasteiger partial charge >= 0.3 is 0 Å². The van der Waals surface area contributed by atoms with Gasteiger partial charge in [0.05, 0.1) is 30.6 Å². The first-order valence-electron chi connectivity index (χ1n) is 7.80. The summed E-state index contributed by atoms with van der Waals surface area (Å²) in [6.07, 6.45) is 0.341. The van der Waals surface area contributed by atoms with Crippen molar-refractivity contribution in [3.8, 4) is 0 Å². The summed E-state index contributed by atoms with van der Waals surface area (Å²) in [5.74, 6) is 0.0603. The van der Waals surface area contributed by atoms with Crippen LogP contribution in [0.25, 0.3) is 11.0 Å². The van der Waals surface area contributed by atoms with Crippen LogP contribution in [-0.2, 0) is 16.0 Å². The highest BCUT2D eigenvalue weighted by Crippen LogP contribution is 2.27. The number of hydrogen-bond acceptors (Lipinski definition) is 7. The molecule has 0 aliphatic carbocycles. The summed E-state index contributed by atoms with van der Waals surface area (Å²) < 4.78 is 10.8. The molecule has 1 saturated heterocycles. The van der Waals surface area contributed by atoms with Crippen molar-refractivity contribution >= 4 is 28.8 Å². The number of aldehydes is 1. The average molecular weight is 344 g/mol. The summed E-state index contributed by atoms with van der Waals surface area (Å²) >= 11 is 0. The maximum atomic E-state index is 12.8. The molecule has 1 aliphatic rings. The molecule has 0 unspecified atom stereocenters. The molecule has 2 heterocycles. The molecule has 0 saturated carbocycles. The maximum absolute atomic E-state index is 12.8. The fraction of sp³-hybridized carbons (Fsp3) is 0.353. The first-order valence-corrected chi connectivity index (χ1v) is 7.80. The quantitative estimate of drug-likeness (QED) is 0.617. The number of hydrogen-bond donors (Lipinski definition) is 0. The first kappa shape index (κ1) is 17.0. The van der Waals surface area contributed by atoms with Gasteiger partial charge in [0.25, 0.3) is 0 Å². The molecule has 8 heteroatoms. The van der Waals surface area contributed by atoms with Crippen molar-refractivity contribution in [1.29, 1.82) is 0 Å². The number of morpholine rings is 1. The normalized spacial score (nSPS) is 14.5. The van der Waals surface area contributed by atoms with Gasteiger partial charge in [0.1, 0.15) is 11.4 Å². The molecular formula is C17H16N2O6. The van der Waals surface area contributed by atoms with Crippen LogP contribution < -0.4 is 5.43 Å². The summed E-state index contributed by atoms with van der Waals surface area (Å²) in [4.78, 5) is 48.9. The van der Waals surface area contributed by atoms with Crippen LogP contribution in [0, 0.1) is 11.8 Å². The van der Waals surface area contributed by atoms with Crippen molar-refractivity contribution in [2.45, 2.75) is 13.3 Å². The number of ether oxygens (including phenoxy) is 1. The number of fused-ring (bicyclic) bond motifs is 1. The molecule has 1 amide bonds. The minimum absolute atomic E-state index is 0.0113. The van der Waals surface area contributed by atoms with Crippen LogP contribution in [0.2, 0.25) is 0 Å². The lowest BCUT2D eigenvalue weighted by Gasteiger charge is -2.26. The molecule has 0 atom stereocenters. The molecule has 0 N–H and O–H groups in total. The molecule has 2 aromatic rings. The Morgan fingerprint density at radius 1 is 1.32 bits per heavy atom. The van der Waals surface area contributed by atoms with Gasteiger partial charge in [-0.25, -0.2) is 0 Å². The number of nitrogens with zero attached hydrogens (tertiary/aromatic N) is 2. The number of benzene rings is 1. The number of carbonyl (C=O) groups excluding carboxylic acids is 2. The van der Waals surface area contributed by atoms with Crippen molar-refractivity contribution in [3.05, 3.63) is 44.2 Å². The van der Waals surface area contributed by atoms with E-state index in [2.05, 4.69) is 5.18 Å². The van der Waals surface area contributed by atoms with Crippen LogP contribution in [-0.4, -0.2) is 43.4 Å². The molecule has 0 radical (unpaired) electrons. The van der Waals surface area contributed by atoms with E-state index in [4.69, 9.17) is 9.15 Å². The molecule has 8 nitrogen and oxygen atoms in total. The zero-order valence-electron chi connectivity index (χ0n) is 13.6. The van der Waals surface area contributed by atoms with Gasteiger partial charge < -0.3 is 14.1 Å². The highest BCUT2D eigenvalue weighted by atomic mass is 16.5. The lowest BCUT2D eigenvalue weighted by atomic mass is 10.0. The summed E-state index contributed by atoms with van der Waals surface area (Å²) in [7, 11) is 0. The van der Waals surface area contributed by atoms with Crippen LogP contribution in [0.3, 0.4) is 0 Å². The van der Waals surface area contributed by atoms with Gasteiger partial charge in [-0.1, -0.05) is 0 Å². The second-order valence-electron chi connectivity index (χ2n) is 5.72. The smallest absolute Gasteiger partial charge is 0.227 e. The zero-order chi connectivity index (χ0) is 18.0. The number of nitroso groups, excluding NO2 is 1. The lowest BCUT2D eigenvalue weighted by Crippen LogP contribution is -2.42. The van der Waals surface area contributed by atoms with Crippen LogP contribution >= 0.6 is 0 Å². The van der Waals surface area contributed by atoms with E-state index in [0.29, 0.717) is 32.6 Å². The van der Waals surface area contributed by atoms with E-state index in [0.717, 1.165) is 0 Å². The topological polar surface area (TPSA) is 106 Å². The third-order valence-electron chi connectivity index (χ3n) is 4.28. The number of amides is 1. The lowest BCUT2D eigenvalue weighted by molar-refractivity contribution is -0.134. The Labute approximate surface area is 142 Å². The summed E-state index contributed by atoms with van der Waals surface area (Å²) in [5.41, 5.74) is -0.299. The molecule has 1 aromatic carbocycles. The predicted octanol–water partition coefficient (Wildman–Crippen LogP) is 1.71. The van der Waals surface area contributed by atoms with Gasteiger partial charge in [-0.05, 0) is 24.2 Å². The highest BCUT2D eigenvalue weighted by molar-refractivity contribution is 6.00. The van der Waals surface area contributed by atoms with E-state index in [-0.39, 0.29) is 51.3 Å². The highest BCUT2D eigenvalue weighted by Gasteiger charge is 2.22. The van der Waals surface area contributed by atoms with E-state index in [9.17, 15) is 19.3 Å². The van der Waals surface area contributed by atoms with Crippen molar-refractivity contribution in [2.75, 3.05) is 26.3 Å².